The van der Waals surface area contributed by atoms with Gasteiger partial charge in [-0.25, -0.2) is 0 Å². The summed E-state index contributed by atoms with van der Waals surface area (Å²) >= 11 is 1.60. The second kappa shape index (κ2) is 2.94. The van der Waals surface area contributed by atoms with E-state index in [1.807, 2.05) is 41.2 Å². The van der Waals surface area contributed by atoms with E-state index in [-0.39, 0.29) is 5.43 Å². The van der Waals surface area contributed by atoms with Crippen LogP contribution in [0, 0.1) is 6.92 Å². The summed E-state index contributed by atoms with van der Waals surface area (Å²) < 4.78 is 2.97. The van der Waals surface area contributed by atoms with Crippen molar-refractivity contribution < 1.29 is 0 Å². The molecule has 2 nitrogen and oxygen atoms in total. The van der Waals surface area contributed by atoms with Crippen molar-refractivity contribution in [3.05, 3.63) is 52.3 Å². The molecule has 0 N–H and O–H groups in total. The van der Waals surface area contributed by atoms with Crippen molar-refractivity contribution in [2.75, 3.05) is 0 Å². The Morgan fingerprint density at radius 1 is 1.27 bits per heavy atom. The van der Waals surface area contributed by atoms with Crippen molar-refractivity contribution in [2.45, 2.75) is 6.92 Å². The summed E-state index contributed by atoms with van der Waals surface area (Å²) in [5.41, 5.74) is 2.06. The Morgan fingerprint density at radius 3 is 3.00 bits per heavy atom. The first-order valence-electron chi connectivity index (χ1n) is 4.77. The average molecular weight is 215 g/mol. The second-order valence-electron chi connectivity index (χ2n) is 3.64. The van der Waals surface area contributed by atoms with Crippen molar-refractivity contribution in [3.63, 3.8) is 0 Å². The summed E-state index contributed by atoms with van der Waals surface area (Å²) in [5.74, 6) is 0. The normalized spacial score (nSPS) is 11.3. The summed E-state index contributed by atoms with van der Waals surface area (Å²) in [4.78, 5) is 12.0. The van der Waals surface area contributed by atoms with E-state index in [9.17, 15) is 4.79 Å². The Morgan fingerprint density at radius 2 is 2.13 bits per heavy atom. The van der Waals surface area contributed by atoms with Gasteiger partial charge < -0.3 is 0 Å². The number of rotatable bonds is 0. The van der Waals surface area contributed by atoms with Gasteiger partial charge in [-0.1, -0.05) is 17.6 Å². The van der Waals surface area contributed by atoms with Gasteiger partial charge in [0.2, 0.25) is 5.43 Å². The molecule has 3 heteroatoms. The Kier molecular flexibility index (Phi) is 1.70. The number of aromatic nitrogens is 1. The summed E-state index contributed by atoms with van der Waals surface area (Å²) in [7, 11) is 0. The lowest BCUT2D eigenvalue weighted by Crippen LogP contribution is -2.02. The highest BCUT2D eigenvalue weighted by Gasteiger charge is 2.04. The molecule has 0 amide bonds. The molecule has 0 unspecified atom stereocenters. The fourth-order valence-electron chi connectivity index (χ4n) is 1.76. The van der Waals surface area contributed by atoms with Gasteiger partial charge in [-0.2, -0.15) is 0 Å². The van der Waals surface area contributed by atoms with Crippen molar-refractivity contribution >= 4 is 27.1 Å². The molecule has 0 bridgehead atoms. The van der Waals surface area contributed by atoms with E-state index in [0.717, 1.165) is 15.6 Å². The zero-order chi connectivity index (χ0) is 10.4. The Hall–Kier alpha value is -1.61. The molecule has 0 aliphatic carbocycles. The van der Waals surface area contributed by atoms with Gasteiger partial charge >= 0.3 is 0 Å². The number of aryl methyl sites for hydroxylation is 1. The van der Waals surface area contributed by atoms with E-state index >= 15 is 0 Å². The van der Waals surface area contributed by atoms with Crippen molar-refractivity contribution in [1.82, 2.24) is 3.79 Å². The van der Waals surface area contributed by atoms with Crippen LogP contribution >= 0.6 is 11.5 Å². The predicted molar refractivity (Wildman–Crippen MR) is 63.8 cm³/mol. The van der Waals surface area contributed by atoms with Crippen molar-refractivity contribution in [1.29, 1.82) is 0 Å². The minimum atomic E-state index is 0.119. The fourth-order valence-corrected chi connectivity index (χ4v) is 2.84. The van der Waals surface area contributed by atoms with Crippen molar-refractivity contribution in [2.24, 2.45) is 0 Å². The quantitative estimate of drug-likeness (QED) is 0.565. The van der Waals surface area contributed by atoms with Gasteiger partial charge in [-0.3, -0.25) is 8.58 Å². The first-order chi connectivity index (χ1) is 7.25. The van der Waals surface area contributed by atoms with Crippen LogP contribution in [0.4, 0.5) is 0 Å². The van der Waals surface area contributed by atoms with E-state index < -0.39 is 0 Å². The van der Waals surface area contributed by atoms with Crippen molar-refractivity contribution in [3.8, 4) is 0 Å². The lowest BCUT2D eigenvalue weighted by Gasteiger charge is -1.99. The number of fused-ring (bicyclic) bond motifs is 2. The maximum atomic E-state index is 12.0. The van der Waals surface area contributed by atoms with Gasteiger partial charge in [0.05, 0.1) is 4.70 Å². The average Bonchev–Trinajstić information content (AvgIpc) is 2.65. The molecule has 2 heterocycles. The SMILES string of the molecule is Cc1ccc2c(=O)c3cccn3sc2c1. The first-order valence-corrected chi connectivity index (χ1v) is 5.54. The van der Waals surface area contributed by atoms with Gasteiger partial charge in [0.25, 0.3) is 0 Å². The topological polar surface area (TPSA) is 21.5 Å². The fraction of sp³-hybridized carbons (Fsp3) is 0.0833. The first kappa shape index (κ1) is 8.68. The summed E-state index contributed by atoms with van der Waals surface area (Å²) in [6.45, 7) is 2.04. The lowest BCUT2D eigenvalue weighted by atomic mass is 10.2. The highest BCUT2D eigenvalue weighted by molar-refractivity contribution is 7.13. The van der Waals surface area contributed by atoms with Crippen LogP contribution in [-0.4, -0.2) is 3.79 Å². The standard InChI is InChI=1S/C12H9NOS/c1-8-4-5-9-11(7-8)15-13-6-2-3-10(13)12(9)14/h2-7H,1H3. The van der Waals surface area contributed by atoms with E-state index in [1.54, 1.807) is 11.5 Å². The minimum Gasteiger partial charge on any atom is -0.287 e. The van der Waals surface area contributed by atoms with E-state index in [0.29, 0.717) is 0 Å². The maximum Gasteiger partial charge on any atom is 0.212 e. The van der Waals surface area contributed by atoms with Crippen LogP contribution in [0.25, 0.3) is 15.6 Å². The van der Waals surface area contributed by atoms with Crippen LogP contribution in [0.3, 0.4) is 0 Å². The lowest BCUT2D eigenvalue weighted by molar-refractivity contribution is 1.37. The highest BCUT2D eigenvalue weighted by atomic mass is 32.1. The molecule has 0 saturated carbocycles. The summed E-state index contributed by atoms with van der Waals surface area (Å²) in [5, 5.41) is 0.816. The van der Waals surface area contributed by atoms with Crippen LogP contribution in [0.15, 0.2) is 41.3 Å². The number of benzene rings is 1. The molecule has 15 heavy (non-hydrogen) atoms. The molecule has 0 fully saturated rings. The zero-order valence-electron chi connectivity index (χ0n) is 8.23. The Labute approximate surface area is 90.5 Å². The molecule has 3 aromatic rings. The van der Waals surface area contributed by atoms with Crippen LogP contribution < -0.4 is 5.43 Å². The molecule has 0 radical (unpaired) electrons. The summed E-state index contributed by atoms with van der Waals surface area (Å²) in [6, 6.07) is 9.71. The van der Waals surface area contributed by atoms with Gasteiger partial charge in [-0.05, 0) is 36.8 Å². The highest BCUT2D eigenvalue weighted by Crippen LogP contribution is 2.19. The number of hydrogen-bond donors (Lipinski definition) is 0. The third-order valence-corrected chi connectivity index (χ3v) is 3.57. The van der Waals surface area contributed by atoms with Gasteiger partial charge in [0.15, 0.2) is 0 Å². The Bertz CT molecular complexity index is 708. The molecule has 74 valence electrons. The second-order valence-corrected chi connectivity index (χ2v) is 4.66. The van der Waals surface area contributed by atoms with E-state index in [4.69, 9.17) is 0 Å². The minimum absolute atomic E-state index is 0.119. The van der Waals surface area contributed by atoms with E-state index in [2.05, 4.69) is 6.07 Å². The molecule has 0 saturated heterocycles. The van der Waals surface area contributed by atoms with Crippen LogP contribution in [0.2, 0.25) is 0 Å². The number of hydrogen-bond acceptors (Lipinski definition) is 2. The molecular weight excluding hydrogens is 206 g/mol. The van der Waals surface area contributed by atoms with E-state index in [1.165, 1.54) is 5.56 Å². The molecule has 0 atom stereocenters. The maximum absolute atomic E-state index is 12.0. The van der Waals surface area contributed by atoms with Gasteiger partial charge in [-0.15, -0.1) is 0 Å². The molecule has 0 aliphatic rings. The number of nitrogens with zero attached hydrogens (tertiary/aromatic N) is 1. The summed E-state index contributed by atoms with van der Waals surface area (Å²) in [6.07, 6.45) is 1.92. The van der Waals surface area contributed by atoms with Gasteiger partial charge in [0.1, 0.15) is 5.52 Å². The third kappa shape index (κ3) is 1.20. The molecule has 2 aromatic heterocycles. The zero-order valence-corrected chi connectivity index (χ0v) is 9.04. The molecule has 3 rings (SSSR count). The monoisotopic (exact) mass is 215 g/mol. The molecule has 1 aromatic carbocycles. The van der Waals surface area contributed by atoms with Crippen LogP contribution in [-0.2, 0) is 0 Å². The van der Waals surface area contributed by atoms with Crippen LogP contribution in [0.1, 0.15) is 5.56 Å². The molecule has 0 aliphatic heterocycles. The Balaban J connectivity index is 2.63. The predicted octanol–water partition coefficient (Wildman–Crippen LogP) is 2.82. The third-order valence-electron chi connectivity index (χ3n) is 2.52. The van der Waals surface area contributed by atoms with Crippen LogP contribution in [0.5, 0.6) is 0 Å². The van der Waals surface area contributed by atoms with Gasteiger partial charge in [0, 0.05) is 11.6 Å². The largest absolute Gasteiger partial charge is 0.287 e. The molecular formula is C12H9NOS. The smallest absolute Gasteiger partial charge is 0.212 e. The molecule has 0 spiro atoms.